The van der Waals surface area contributed by atoms with Crippen LogP contribution in [-0.4, -0.2) is 27.4 Å². The Labute approximate surface area is 551 Å². The SMILES string of the molecule is c1ccc(-n2c3ccccc3c3cc4c(cc32)c2ccccc2n4-c2cccc(-c3ccc(-c4cccc(-n5c6ccccc6c6cc7c(cc65)c5ccccc5n7-c5ccccc5)c4)c(-n4c5ccccc5c5ccc6c7ccccc7n(-c7ccccc7)c6c54)c3)c2)cc1. The first-order chi connectivity index (χ1) is 47.7. The molecule has 0 atom stereocenters. The third-order valence-electron chi connectivity index (χ3n) is 20.5. The first-order valence-electron chi connectivity index (χ1n) is 33.1. The Hall–Kier alpha value is -12.9. The molecule has 0 N–H and O–H groups in total. The highest BCUT2D eigenvalue weighted by molar-refractivity contribution is 6.25. The van der Waals surface area contributed by atoms with Crippen molar-refractivity contribution in [1.82, 2.24) is 27.4 Å². The summed E-state index contributed by atoms with van der Waals surface area (Å²) in [6, 6.07) is 126. The Bertz CT molecular complexity index is 6810. The van der Waals surface area contributed by atoms with Gasteiger partial charge in [0.25, 0.3) is 0 Å². The Morgan fingerprint density at radius 3 is 0.854 bits per heavy atom. The minimum Gasteiger partial charge on any atom is -0.309 e. The molecule has 0 bridgehead atoms. The largest absolute Gasteiger partial charge is 0.309 e. The molecule has 6 heterocycles. The van der Waals surface area contributed by atoms with Gasteiger partial charge in [-0.25, -0.2) is 0 Å². The monoisotopic (exact) mass is 1220 g/mol. The highest BCUT2D eigenvalue weighted by Gasteiger charge is 2.26. The van der Waals surface area contributed by atoms with E-state index in [-0.39, 0.29) is 0 Å². The van der Waals surface area contributed by atoms with Crippen LogP contribution in [0.1, 0.15) is 0 Å². The lowest BCUT2D eigenvalue weighted by atomic mass is 9.97. The van der Waals surface area contributed by atoms with Gasteiger partial charge in [-0.2, -0.15) is 0 Å². The molecule has 21 rings (SSSR count). The Morgan fingerprint density at radius 1 is 0.146 bits per heavy atom. The molecule has 0 aliphatic rings. The van der Waals surface area contributed by atoms with Crippen molar-refractivity contribution in [3.63, 3.8) is 0 Å². The molecule has 0 saturated carbocycles. The Morgan fingerprint density at radius 2 is 0.438 bits per heavy atom. The number of hydrogen-bond acceptors (Lipinski definition) is 0. The lowest BCUT2D eigenvalue weighted by Gasteiger charge is -2.19. The number of benzene rings is 15. The molecule has 6 nitrogen and oxygen atoms in total. The van der Waals surface area contributed by atoms with Gasteiger partial charge in [0, 0.05) is 98.6 Å². The Kier molecular flexibility index (Phi) is 11.1. The van der Waals surface area contributed by atoms with Crippen LogP contribution >= 0.6 is 0 Å². The third-order valence-corrected chi connectivity index (χ3v) is 20.5. The molecule has 6 aromatic heterocycles. The van der Waals surface area contributed by atoms with Gasteiger partial charge in [-0.15, -0.1) is 0 Å². The maximum Gasteiger partial charge on any atom is 0.0789 e. The number of aromatic nitrogens is 6. The molecule has 0 saturated heterocycles. The maximum atomic E-state index is 2.59. The smallest absolute Gasteiger partial charge is 0.0789 e. The van der Waals surface area contributed by atoms with Gasteiger partial charge in [0.2, 0.25) is 0 Å². The predicted molar refractivity (Wildman–Crippen MR) is 403 cm³/mol. The van der Waals surface area contributed by atoms with E-state index in [4.69, 9.17) is 0 Å². The molecule has 6 heteroatoms. The molecule has 0 fully saturated rings. The first-order valence-corrected chi connectivity index (χ1v) is 33.1. The van der Waals surface area contributed by atoms with E-state index in [0.29, 0.717) is 0 Å². The van der Waals surface area contributed by atoms with E-state index in [1.165, 1.54) is 109 Å². The predicted octanol–water partition coefficient (Wildman–Crippen LogP) is 23.6. The van der Waals surface area contributed by atoms with Gasteiger partial charge in [0.15, 0.2) is 0 Å². The van der Waals surface area contributed by atoms with E-state index in [1.54, 1.807) is 0 Å². The summed E-state index contributed by atoms with van der Waals surface area (Å²) < 4.78 is 14.9. The second kappa shape index (κ2) is 20.3. The summed E-state index contributed by atoms with van der Waals surface area (Å²) in [5.41, 5.74) is 25.2. The molecular formula is C90H56N6. The Balaban J connectivity index is 0.816. The van der Waals surface area contributed by atoms with E-state index >= 15 is 0 Å². The molecule has 96 heavy (non-hydrogen) atoms. The van der Waals surface area contributed by atoms with Gasteiger partial charge in [0.1, 0.15) is 0 Å². The molecular weight excluding hydrogens is 1170 g/mol. The fourth-order valence-corrected chi connectivity index (χ4v) is 16.5. The van der Waals surface area contributed by atoms with E-state index in [0.717, 1.165) is 78.4 Å². The zero-order valence-corrected chi connectivity index (χ0v) is 52.0. The van der Waals surface area contributed by atoms with E-state index in [2.05, 4.69) is 367 Å². The van der Waals surface area contributed by atoms with Crippen molar-refractivity contribution >= 4 is 131 Å². The third kappa shape index (κ3) is 7.52. The van der Waals surface area contributed by atoms with Crippen LogP contribution in [0.15, 0.2) is 340 Å². The van der Waals surface area contributed by atoms with Gasteiger partial charge in [0.05, 0.1) is 71.9 Å². The maximum absolute atomic E-state index is 2.59. The average Bonchev–Trinajstić information content (AvgIpc) is 1.55. The lowest BCUT2D eigenvalue weighted by molar-refractivity contribution is 1.15. The molecule has 21 aromatic rings. The van der Waals surface area contributed by atoms with Gasteiger partial charge in [-0.3, -0.25) is 0 Å². The fraction of sp³-hybridized carbons (Fsp3) is 0. The van der Waals surface area contributed by atoms with Gasteiger partial charge in [-0.1, -0.05) is 212 Å². The van der Waals surface area contributed by atoms with Gasteiger partial charge in [-0.05, 0) is 144 Å². The highest BCUT2D eigenvalue weighted by atomic mass is 15.1. The topological polar surface area (TPSA) is 29.6 Å². The molecule has 446 valence electrons. The molecule has 0 unspecified atom stereocenters. The van der Waals surface area contributed by atoms with E-state index in [1.807, 2.05) is 0 Å². The minimum absolute atomic E-state index is 1.09. The number of hydrogen-bond donors (Lipinski definition) is 0. The number of nitrogens with zero attached hydrogens (tertiary/aromatic N) is 6. The average molecular weight is 1220 g/mol. The summed E-state index contributed by atoms with van der Waals surface area (Å²) in [5.74, 6) is 0. The molecule has 0 amide bonds. The highest BCUT2D eigenvalue weighted by Crippen LogP contribution is 2.47. The zero-order valence-electron chi connectivity index (χ0n) is 52.0. The fourth-order valence-electron chi connectivity index (χ4n) is 16.5. The van der Waals surface area contributed by atoms with Crippen LogP contribution in [0.2, 0.25) is 0 Å². The summed E-state index contributed by atoms with van der Waals surface area (Å²) in [6.07, 6.45) is 0. The quantitative estimate of drug-likeness (QED) is 0.145. The molecule has 0 aliphatic carbocycles. The van der Waals surface area contributed by atoms with Crippen molar-refractivity contribution < 1.29 is 0 Å². The molecule has 0 aliphatic heterocycles. The van der Waals surface area contributed by atoms with Crippen LogP contribution < -0.4 is 0 Å². The van der Waals surface area contributed by atoms with Crippen LogP contribution in [0.25, 0.3) is 187 Å². The second-order valence-corrected chi connectivity index (χ2v) is 25.6. The van der Waals surface area contributed by atoms with Crippen molar-refractivity contribution in [2.75, 3.05) is 0 Å². The van der Waals surface area contributed by atoms with Crippen LogP contribution in [0.5, 0.6) is 0 Å². The second-order valence-electron chi connectivity index (χ2n) is 25.6. The van der Waals surface area contributed by atoms with Gasteiger partial charge < -0.3 is 27.4 Å². The van der Waals surface area contributed by atoms with Crippen molar-refractivity contribution in [3.8, 4) is 56.4 Å². The molecule has 0 spiro atoms. The summed E-state index contributed by atoms with van der Waals surface area (Å²) in [7, 11) is 0. The van der Waals surface area contributed by atoms with Crippen molar-refractivity contribution in [1.29, 1.82) is 0 Å². The van der Waals surface area contributed by atoms with Gasteiger partial charge >= 0.3 is 0 Å². The van der Waals surface area contributed by atoms with Crippen LogP contribution in [0.3, 0.4) is 0 Å². The summed E-state index contributed by atoms with van der Waals surface area (Å²) in [4.78, 5) is 0. The summed E-state index contributed by atoms with van der Waals surface area (Å²) >= 11 is 0. The standard InChI is InChI=1S/C90H56N6/c1-4-26-60(27-5-1)91-78-40-16-12-36-68(78)74-55-87-76(53-85(74)91)70-38-14-18-42-80(70)93(87)63-32-22-24-57(50-63)58-46-47-65(84(52-58)96-83-45-21-11-35-67(83)73-49-48-72-66-34-10-20-44-82(66)95(89(72)90(73)96)62-30-8-3-9-31-62)59-25-23-33-64(51-59)94-81-43-19-15-39-71(81)77-54-86-75(56-88(77)94)69-37-13-17-41-79(69)92(86)61-28-6-2-7-29-61/h1-56H. The first kappa shape index (κ1) is 52.7. The van der Waals surface area contributed by atoms with E-state index < -0.39 is 0 Å². The normalized spacial score (nSPS) is 12.2. The van der Waals surface area contributed by atoms with Crippen molar-refractivity contribution in [3.05, 3.63) is 340 Å². The number of rotatable bonds is 8. The lowest BCUT2D eigenvalue weighted by Crippen LogP contribution is -2.01. The number of fused-ring (bicyclic) bond motifs is 19. The van der Waals surface area contributed by atoms with Crippen LogP contribution in [0, 0.1) is 0 Å². The number of para-hydroxylation sites is 9. The summed E-state index contributed by atoms with van der Waals surface area (Å²) in [5, 5.41) is 14.6. The summed E-state index contributed by atoms with van der Waals surface area (Å²) in [6.45, 7) is 0. The minimum atomic E-state index is 1.09. The molecule has 15 aromatic carbocycles. The van der Waals surface area contributed by atoms with Crippen molar-refractivity contribution in [2.24, 2.45) is 0 Å². The van der Waals surface area contributed by atoms with E-state index in [9.17, 15) is 0 Å². The zero-order chi connectivity index (χ0) is 62.7. The van der Waals surface area contributed by atoms with Crippen molar-refractivity contribution in [2.45, 2.75) is 0 Å². The van der Waals surface area contributed by atoms with Crippen LogP contribution in [0.4, 0.5) is 0 Å². The van der Waals surface area contributed by atoms with Crippen LogP contribution in [-0.2, 0) is 0 Å². The molecule has 0 radical (unpaired) electrons.